The maximum atomic E-state index is 12.9. The molecule has 5 nitrogen and oxygen atoms in total. The van der Waals surface area contributed by atoms with E-state index in [9.17, 15) is 13.2 Å². The molecule has 1 aromatic heterocycles. The molecule has 2 saturated heterocycles. The van der Waals surface area contributed by atoms with Gasteiger partial charge in [-0.2, -0.15) is 13.2 Å². The summed E-state index contributed by atoms with van der Waals surface area (Å²) in [4.78, 5) is 12.1. The lowest BCUT2D eigenvalue weighted by Gasteiger charge is -2.39. The Bertz CT molecular complexity index is 520. The van der Waals surface area contributed by atoms with Gasteiger partial charge in [-0.15, -0.1) is 0 Å². The predicted octanol–water partition coefficient (Wildman–Crippen LogP) is 2.19. The van der Waals surface area contributed by atoms with Gasteiger partial charge in [0.2, 0.25) is 5.95 Å². The molecule has 8 heteroatoms. The van der Waals surface area contributed by atoms with E-state index in [1.54, 1.807) is 0 Å². The minimum Gasteiger partial charge on any atom is -0.379 e. The van der Waals surface area contributed by atoms with Gasteiger partial charge in [0, 0.05) is 38.4 Å². The second kappa shape index (κ2) is 7.00. The van der Waals surface area contributed by atoms with Gasteiger partial charge in [0.05, 0.1) is 13.2 Å². The van der Waals surface area contributed by atoms with Gasteiger partial charge >= 0.3 is 6.18 Å². The van der Waals surface area contributed by atoms with Gasteiger partial charge in [0.25, 0.3) is 0 Å². The van der Waals surface area contributed by atoms with Crippen LogP contribution in [0.3, 0.4) is 0 Å². The van der Waals surface area contributed by atoms with Crippen molar-refractivity contribution in [3.63, 3.8) is 0 Å². The third-order valence-corrected chi connectivity index (χ3v) is 4.39. The average Bonchev–Trinajstić information content (AvgIpc) is 2.56. The molecule has 0 radical (unpaired) electrons. The highest BCUT2D eigenvalue weighted by Crippen LogP contribution is 2.29. The maximum absolute atomic E-state index is 12.9. The molecule has 0 aliphatic carbocycles. The molecule has 0 bridgehead atoms. The van der Waals surface area contributed by atoms with Crippen LogP contribution in [0.4, 0.5) is 19.1 Å². The van der Waals surface area contributed by atoms with Crippen molar-refractivity contribution in [1.29, 1.82) is 0 Å². The molecule has 2 aliphatic heterocycles. The molecule has 128 valence electrons. The number of alkyl halides is 3. The first-order valence-electron chi connectivity index (χ1n) is 8.01. The van der Waals surface area contributed by atoms with Crippen LogP contribution in [0.15, 0.2) is 12.3 Å². The minimum absolute atomic E-state index is 0.158. The van der Waals surface area contributed by atoms with Crippen molar-refractivity contribution in [1.82, 2.24) is 14.9 Å². The van der Waals surface area contributed by atoms with Crippen molar-refractivity contribution < 1.29 is 17.9 Å². The van der Waals surface area contributed by atoms with Crippen LogP contribution in [0, 0.1) is 0 Å². The van der Waals surface area contributed by atoms with Crippen molar-refractivity contribution >= 4 is 5.95 Å². The highest BCUT2D eigenvalue weighted by atomic mass is 19.4. The van der Waals surface area contributed by atoms with Crippen molar-refractivity contribution in [2.24, 2.45) is 0 Å². The SMILES string of the molecule is FC(F)(F)c1ccnc(N2CCCC[C@@H]2CN2CCOCC2)n1. The summed E-state index contributed by atoms with van der Waals surface area (Å²) in [6.07, 6.45) is -0.237. The second-order valence-corrected chi connectivity index (χ2v) is 6.00. The van der Waals surface area contributed by atoms with Crippen LogP contribution in [0.5, 0.6) is 0 Å². The molecule has 3 rings (SSSR count). The Morgan fingerprint density at radius 1 is 1.17 bits per heavy atom. The Morgan fingerprint density at radius 3 is 2.70 bits per heavy atom. The van der Waals surface area contributed by atoms with E-state index < -0.39 is 11.9 Å². The Morgan fingerprint density at radius 2 is 1.96 bits per heavy atom. The molecule has 0 aromatic carbocycles. The van der Waals surface area contributed by atoms with Crippen LogP contribution in [-0.2, 0) is 10.9 Å². The molecule has 0 N–H and O–H groups in total. The molecular weight excluding hydrogens is 309 g/mol. The Kier molecular flexibility index (Phi) is 5.01. The Balaban J connectivity index is 1.75. The fourth-order valence-corrected chi connectivity index (χ4v) is 3.18. The fourth-order valence-electron chi connectivity index (χ4n) is 3.18. The second-order valence-electron chi connectivity index (χ2n) is 6.00. The smallest absolute Gasteiger partial charge is 0.379 e. The normalized spacial score (nSPS) is 24.0. The van der Waals surface area contributed by atoms with Gasteiger partial charge in [0.1, 0.15) is 5.69 Å². The highest BCUT2D eigenvalue weighted by molar-refractivity contribution is 5.33. The third-order valence-electron chi connectivity index (χ3n) is 4.39. The number of piperidine rings is 1. The maximum Gasteiger partial charge on any atom is 0.433 e. The Hall–Kier alpha value is -1.41. The first-order chi connectivity index (χ1) is 11.0. The summed E-state index contributed by atoms with van der Waals surface area (Å²) in [5, 5.41) is 0. The molecule has 2 fully saturated rings. The van der Waals surface area contributed by atoms with Crippen LogP contribution < -0.4 is 4.90 Å². The van der Waals surface area contributed by atoms with Gasteiger partial charge in [-0.1, -0.05) is 0 Å². The first kappa shape index (κ1) is 16.4. The van der Waals surface area contributed by atoms with Gasteiger partial charge < -0.3 is 9.64 Å². The lowest BCUT2D eigenvalue weighted by molar-refractivity contribution is -0.141. The van der Waals surface area contributed by atoms with E-state index in [1.165, 1.54) is 6.20 Å². The number of rotatable bonds is 3. The first-order valence-corrected chi connectivity index (χ1v) is 8.01. The molecule has 3 heterocycles. The van der Waals surface area contributed by atoms with Gasteiger partial charge in [-0.25, -0.2) is 9.97 Å². The number of morpholine rings is 1. The van der Waals surface area contributed by atoms with E-state index >= 15 is 0 Å². The fraction of sp³-hybridized carbons (Fsp3) is 0.733. The monoisotopic (exact) mass is 330 g/mol. The molecule has 0 saturated carbocycles. The van der Waals surface area contributed by atoms with Crippen LogP contribution in [-0.4, -0.2) is 60.3 Å². The minimum atomic E-state index is -4.44. The zero-order valence-corrected chi connectivity index (χ0v) is 12.9. The number of anilines is 1. The zero-order chi connectivity index (χ0) is 16.3. The van der Waals surface area contributed by atoms with Crippen LogP contribution in [0.25, 0.3) is 0 Å². The van der Waals surface area contributed by atoms with Gasteiger partial charge in [-0.05, 0) is 25.3 Å². The number of hydrogen-bond donors (Lipinski definition) is 0. The van der Waals surface area contributed by atoms with E-state index in [1.807, 2.05) is 4.90 Å². The summed E-state index contributed by atoms with van der Waals surface area (Å²) in [6, 6.07) is 1.08. The van der Waals surface area contributed by atoms with Crippen molar-refractivity contribution in [3.05, 3.63) is 18.0 Å². The van der Waals surface area contributed by atoms with E-state index in [0.717, 1.165) is 45.0 Å². The average molecular weight is 330 g/mol. The lowest BCUT2D eigenvalue weighted by Crippen LogP contribution is -2.50. The van der Waals surface area contributed by atoms with Crippen LogP contribution in [0.1, 0.15) is 25.0 Å². The zero-order valence-electron chi connectivity index (χ0n) is 12.9. The number of aromatic nitrogens is 2. The topological polar surface area (TPSA) is 41.5 Å². The number of ether oxygens (including phenoxy) is 1. The molecule has 1 atom stereocenters. The van der Waals surface area contributed by atoms with Crippen LogP contribution in [0.2, 0.25) is 0 Å². The van der Waals surface area contributed by atoms with E-state index in [0.29, 0.717) is 19.8 Å². The van der Waals surface area contributed by atoms with Crippen LogP contribution >= 0.6 is 0 Å². The molecule has 1 aromatic rings. The molecule has 2 aliphatic rings. The Labute approximate surface area is 133 Å². The molecule has 0 amide bonds. The van der Waals surface area contributed by atoms with Crippen molar-refractivity contribution in [2.45, 2.75) is 31.5 Å². The largest absolute Gasteiger partial charge is 0.433 e. The summed E-state index contributed by atoms with van der Waals surface area (Å²) >= 11 is 0. The van der Waals surface area contributed by atoms with E-state index in [2.05, 4.69) is 14.9 Å². The summed E-state index contributed by atoms with van der Waals surface area (Å²) in [5.41, 5.74) is -0.877. The lowest BCUT2D eigenvalue weighted by atomic mass is 10.0. The van der Waals surface area contributed by atoms with E-state index in [4.69, 9.17) is 4.74 Å². The highest BCUT2D eigenvalue weighted by Gasteiger charge is 2.34. The molecule has 0 unspecified atom stereocenters. The van der Waals surface area contributed by atoms with E-state index in [-0.39, 0.29) is 12.0 Å². The van der Waals surface area contributed by atoms with Gasteiger partial charge in [-0.3, -0.25) is 4.90 Å². The summed E-state index contributed by atoms with van der Waals surface area (Å²) in [7, 11) is 0. The third kappa shape index (κ3) is 4.11. The molecule has 0 spiro atoms. The van der Waals surface area contributed by atoms with Crippen molar-refractivity contribution in [3.8, 4) is 0 Å². The quantitative estimate of drug-likeness (QED) is 0.850. The summed E-state index contributed by atoms with van der Waals surface area (Å²) in [6.45, 7) is 4.69. The summed E-state index contributed by atoms with van der Waals surface area (Å²) < 4.78 is 44.0. The number of halogens is 3. The molecule has 23 heavy (non-hydrogen) atoms. The number of hydrogen-bond acceptors (Lipinski definition) is 5. The summed E-state index contributed by atoms with van der Waals surface area (Å²) in [5.74, 6) is 0.192. The predicted molar refractivity (Wildman–Crippen MR) is 79.3 cm³/mol. The van der Waals surface area contributed by atoms with Gasteiger partial charge in [0.15, 0.2) is 0 Å². The van der Waals surface area contributed by atoms with Crippen molar-refractivity contribution in [2.75, 3.05) is 44.3 Å². The molecular formula is C15H21F3N4O. The number of nitrogens with zero attached hydrogens (tertiary/aromatic N) is 4. The standard InChI is InChI=1S/C15H21F3N4O/c16-15(17,18)13-4-5-19-14(20-13)22-6-2-1-3-12(22)11-21-7-9-23-10-8-21/h4-5,12H,1-3,6-11H2/t12-/m1/s1.